The van der Waals surface area contributed by atoms with Crippen LogP contribution < -0.4 is 5.32 Å². The van der Waals surface area contributed by atoms with E-state index < -0.39 is 0 Å². The number of carbonyl (C=O) groups is 1. The Kier molecular flexibility index (Phi) is 4.42. The van der Waals surface area contributed by atoms with Crippen molar-refractivity contribution < 1.29 is 9.21 Å². The number of hydrogen-bond donors (Lipinski definition) is 1. The van der Waals surface area contributed by atoms with Crippen LogP contribution in [-0.2, 0) is 11.3 Å². The van der Waals surface area contributed by atoms with E-state index in [-0.39, 0.29) is 11.9 Å². The molecule has 0 bridgehead atoms. The number of amides is 1. The Bertz CT molecular complexity index is 392. The van der Waals surface area contributed by atoms with Crippen molar-refractivity contribution in [2.45, 2.75) is 45.2 Å². The van der Waals surface area contributed by atoms with E-state index in [2.05, 4.69) is 5.32 Å². The van der Waals surface area contributed by atoms with Gasteiger partial charge in [-0.2, -0.15) is 0 Å². The summed E-state index contributed by atoms with van der Waals surface area (Å²) in [5, 5.41) is 3.34. The van der Waals surface area contributed by atoms with Gasteiger partial charge in [0.1, 0.15) is 5.76 Å². The summed E-state index contributed by atoms with van der Waals surface area (Å²) in [5.41, 5.74) is 1.08. The molecule has 0 aromatic carbocycles. The number of likely N-dealkylation sites (N-methyl/N-ethyl adjacent to an activating group) is 1. The summed E-state index contributed by atoms with van der Waals surface area (Å²) in [6.07, 6.45) is 6.16. The van der Waals surface area contributed by atoms with Crippen LogP contribution in [0.4, 0.5) is 0 Å². The summed E-state index contributed by atoms with van der Waals surface area (Å²) in [6, 6.07) is 1.92. The first-order valence-electron chi connectivity index (χ1n) is 6.70. The summed E-state index contributed by atoms with van der Waals surface area (Å²) in [7, 11) is 1.86. The lowest BCUT2D eigenvalue weighted by molar-refractivity contribution is -0.132. The van der Waals surface area contributed by atoms with Gasteiger partial charge in [0.05, 0.1) is 12.3 Å². The number of carbonyl (C=O) groups excluding carboxylic acids is 1. The van der Waals surface area contributed by atoms with Crippen LogP contribution in [0.2, 0.25) is 0 Å². The minimum atomic E-state index is -0.00953. The maximum Gasteiger partial charge on any atom is 0.239 e. The molecule has 1 amide bonds. The van der Waals surface area contributed by atoms with E-state index >= 15 is 0 Å². The van der Waals surface area contributed by atoms with Crippen LogP contribution in [0, 0.1) is 6.92 Å². The van der Waals surface area contributed by atoms with Crippen molar-refractivity contribution in [2.24, 2.45) is 0 Å². The van der Waals surface area contributed by atoms with Crippen LogP contribution in [0.3, 0.4) is 0 Å². The zero-order valence-electron chi connectivity index (χ0n) is 11.2. The van der Waals surface area contributed by atoms with Gasteiger partial charge in [-0.3, -0.25) is 4.79 Å². The van der Waals surface area contributed by atoms with E-state index in [9.17, 15) is 4.79 Å². The zero-order chi connectivity index (χ0) is 13.0. The first-order chi connectivity index (χ1) is 8.68. The van der Waals surface area contributed by atoms with Crippen molar-refractivity contribution in [1.29, 1.82) is 0 Å². The average molecular weight is 250 g/mol. The van der Waals surface area contributed by atoms with Gasteiger partial charge in [-0.25, -0.2) is 0 Å². The van der Waals surface area contributed by atoms with Crippen molar-refractivity contribution >= 4 is 5.91 Å². The van der Waals surface area contributed by atoms with Crippen molar-refractivity contribution in [2.75, 3.05) is 13.6 Å². The van der Waals surface area contributed by atoms with E-state index in [1.165, 1.54) is 12.8 Å². The lowest BCUT2D eigenvalue weighted by atomic mass is 10.1. The van der Waals surface area contributed by atoms with Crippen LogP contribution in [0.15, 0.2) is 16.7 Å². The number of nitrogens with one attached hydrogen (secondary N) is 1. The summed E-state index contributed by atoms with van der Waals surface area (Å²) in [6.45, 7) is 3.51. The third-order valence-corrected chi connectivity index (χ3v) is 3.61. The molecule has 18 heavy (non-hydrogen) atoms. The Morgan fingerprint density at radius 1 is 1.50 bits per heavy atom. The van der Waals surface area contributed by atoms with Crippen molar-refractivity contribution in [3.8, 4) is 0 Å². The molecule has 0 spiro atoms. The Morgan fingerprint density at radius 2 is 2.33 bits per heavy atom. The second-order valence-electron chi connectivity index (χ2n) is 5.05. The van der Waals surface area contributed by atoms with Crippen molar-refractivity contribution in [3.63, 3.8) is 0 Å². The summed E-state index contributed by atoms with van der Waals surface area (Å²) >= 11 is 0. The molecular weight excluding hydrogens is 228 g/mol. The van der Waals surface area contributed by atoms with Gasteiger partial charge < -0.3 is 14.6 Å². The average Bonchev–Trinajstić information content (AvgIpc) is 2.63. The highest BCUT2D eigenvalue weighted by Gasteiger charge is 2.23. The highest BCUT2D eigenvalue weighted by atomic mass is 16.3. The first-order valence-corrected chi connectivity index (χ1v) is 6.70. The third-order valence-electron chi connectivity index (χ3n) is 3.61. The molecule has 4 nitrogen and oxygen atoms in total. The number of hydrogen-bond acceptors (Lipinski definition) is 3. The first kappa shape index (κ1) is 13.1. The highest BCUT2D eigenvalue weighted by Crippen LogP contribution is 2.14. The Labute approximate surface area is 108 Å². The van der Waals surface area contributed by atoms with Crippen molar-refractivity contribution in [1.82, 2.24) is 10.2 Å². The van der Waals surface area contributed by atoms with Gasteiger partial charge in [-0.05, 0) is 32.4 Å². The zero-order valence-corrected chi connectivity index (χ0v) is 11.2. The number of aryl methyl sites for hydroxylation is 1. The van der Waals surface area contributed by atoms with Crippen LogP contribution in [-0.4, -0.2) is 30.4 Å². The standard InChI is InChI=1S/C14H22N2O2/c1-11-12(7-9-18-11)10-16(2)14(17)13-6-4-3-5-8-15-13/h7,9,13,15H,3-6,8,10H2,1-2H3. The lowest BCUT2D eigenvalue weighted by Crippen LogP contribution is -2.44. The van der Waals surface area contributed by atoms with Gasteiger partial charge in [0.25, 0.3) is 0 Å². The minimum Gasteiger partial charge on any atom is -0.469 e. The fourth-order valence-corrected chi connectivity index (χ4v) is 2.41. The molecule has 0 saturated carbocycles. The molecule has 0 radical (unpaired) electrons. The molecule has 0 aliphatic carbocycles. The van der Waals surface area contributed by atoms with E-state index in [0.29, 0.717) is 6.54 Å². The molecule has 1 aromatic heterocycles. The summed E-state index contributed by atoms with van der Waals surface area (Å²) in [4.78, 5) is 14.1. The smallest absolute Gasteiger partial charge is 0.239 e. The Balaban J connectivity index is 1.93. The molecule has 1 aliphatic heterocycles. The normalized spacial score (nSPS) is 20.4. The van der Waals surface area contributed by atoms with Gasteiger partial charge in [-0.15, -0.1) is 0 Å². The van der Waals surface area contributed by atoms with Gasteiger partial charge in [0.15, 0.2) is 0 Å². The Morgan fingerprint density at radius 3 is 3.06 bits per heavy atom. The molecular formula is C14H22N2O2. The van der Waals surface area contributed by atoms with Crippen molar-refractivity contribution in [3.05, 3.63) is 23.7 Å². The monoisotopic (exact) mass is 250 g/mol. The minimum absolute atomic E-state index is 0.00953. The topological polar surface area (TPSA) is 45.5 Å². The molecule has 1 fully saturated rings. The van der Waals surface area contributed by atoms with Crippen LogP contribution in [0.5, 0.6) is 0 Å². The summed E-state index contributed by atoms with van der Waals surface area (Å²) in [5.74, 6) is 1.08. The fourth-order valence-electron chi connectivity index (χ4n) is 2.41. The van der Waals surface area contributed by atoms with Gasteiger partial charge in [-0.1, -0.05) is 12.8 Å². The van der Waals surface area contributed by atoms with Gasteiger partial charge in [0, 0.05) is 19.2 Å². The fraction of sp³-hybridized carbons (Fsp3) is 0.643. The second-order valence-corrected chi connectivity index (χ2v) is 5.05. The summed E-state index contributed by atoms with van der Waals surface area (Å²) < 4.78 is 5.26. The molecule has 2 rings (SSSR count). The molecule has 100 valence electrons. The molecule has 1 atom stereocenters. The predicted octanol–water partition coefficient (Wildman–Crippen LogP) is 2.08. The van der Waals surface area contributed by atoms with E-state index in [0.717, 1.165) is 30.7 Å². The number of nitrogens with zero attached hydrogens (tertiary/aromatic N) is 1. The van der Waals surface area contributed by atoms with Crippen LogP contribution in [0.25, 0.3) is 0 Å². The Hall–Kier alpha value is -1.29. The van der Waals surface area contributed by atoms with Gasteiger partial charge >= 0.3 is 0 Å². The second kappa shape index (κ2) is 6.05. The largest absolute Gasteiger partial charge is 0.469 e. The van der Waals surface area contributed by atoms with Crippen LogP contribution in [0.1, 0.15) is 37.0 Å². The molecule has 1 unspecified atom stereocenters. The quantitative estimate of drug-likeness (QED) is 0.893. The number of rotatable bonds is 3. The molecule has 1 N–H and O–H groups in total. The highest BCUT2D eigenvalue weighted by molar-refractivity contribution is 5.81. The molecule has 1 aromatic rings. The predicted molar refractivity (Wildman–Crippen MR) is 70.2 cm³/mol. The molecule has 1 saturated heterocycles. The van der Waals surface area contributed by atoms with Gasteiger partial charge in [0.2, 0.25) is 5.91 Å². The van der Waals surface area contributed by atoms with E-state index in [4.69, 9.17) is 4.42 Å². The third kappa shape index (κ3) is 3.13. The van der Waals surface area contributed by atoms with E-state index in [1.807, 2.05) is 20.0 Å². The van der Waals surface area contributed by atoms with E-state index in [1.54, 1.807) is 11.2 Å². The maximum absolute atomic E-state index is 12.3. The molecule has 4 heteroatoms. The number of furan rings is 1. The molecule has 1 aliphatic rings. The van der Waals surface area contributed by atoms with Crippen LogP contribution >= 0.6 is 0 Å². The molecule has 2 heterocycles. The maximum atomic E-state index is 12.3. The lowest BCUT2D eigenvalue weighted by Gasteiger charge is -2.23. The SMILES string of the molecule is Cc1occc1CN(C)C(=O)C1CCCCCN1.